The van der Waals surface area contributed by atoms with E-state index in [0.717, 1.165) is 10.8 Å². The number of phosphoric acid groups is 3. The average Bonchev–Trinajstić information content (AvgIpc) is 2.87. The molecule has 9 N–H and O–H groups in total. The molecule has 21 heteroatoms. The number of phosphoric ester groups is 1. The van der Waals surface area contributed by atoms with Crippen molar-refractivity contribution in [3.63, 3.8) is 0 Å². The second kappa shape index (κ2) is 10.0. The second-order valence-corrected chi connectivity index (χ2v) is 10.7. The number of hydrogen-bond acceptors (Lipinski definition) is 12. The summed E-state index contributed by atoms with van der Waals surface area (Å²) in [7, 11) is -16.8. The van der Waals surface area contributed by atoms with Crippen LogP contribution in [0.1, 0.15) is 11.7 Å². The fourth-order valence-corrected chi connectivity index (χ4v) is 5.68. The Hall–Kier alpha value is -1.07. The van der Waals surface area contributed by atoms with E-state index >= 15 is 0 Å². The Morgan fingerprint density at radius 3 is 2.25 bits per heavy atom. The monoisotopic (exact) mass is 527 g/mol. The van der Waals surface area contributed by atoms with E-state index in [0.29, 0.717) is 0 Å². The van der Waals surface area contributed by atoms with E-state index < -0.39 is 65.7 Å². The van der Waals surface area contributed by atoms with Gasteiger partial charge in [0.05, 0.1) is 12.2 Å². The van der Waals surface area contributed by atoms with Gasteiger partial charge in [-0.1, -0.05) is 0 Å². The molecular weight excluding hydrogens is 507 g/mol. The molecule has 2 rings (SSSR count). The molecule has 0 radical (unpaired) electrons. The summed E-state index contributed by atoms with van der Waals surface area (Å²) in [6.45, 7) is -1.02. The first-order valence-electron chi connectivity index (χ1n) is 8.39. The van der Waals surface area contributed by atoms with Crippen LogP contribution < -0.4 is 17.0 Å². The molecule has 1 fully saturated rings. The van der Waals surface area contributed by atoms with Crippen molar-refractivity contribution in [2.75, 3.05) is 13.2 Å². The lowest BCUT2D eigenvalue weighted by molar-refractivity contribution is -0.0228. The van der Waals surface area contributed by atoms with Gasteiger partial charge in [-0.05, 0) is 0 Å². The van der Waals surface area contributed by atoms with E-state index in [4.69, 9.17) is 25.2 Å². The summed E-state index contributed by atoms with van der Waals surface area (Å²) in [5, 5.41) is 20.3. The zero-order chi connectivity index (χ0) is 24.5. The van der Waals surface area contributed by atoms with Crippen molar-refractivity contribution in [2.45, 2.75) is 31.0 Å². The molecule has 184 valence electrons. The zero-order valence-corrected chi connectivity index (χ0v) is 18.4. The highest BCUT2D eigenvalue weighted by molar-refractivity contribution is 7.66. The topological polar surface area (TPSA) is 290 Å². The first kappa shape index (κ1) is 27.2. The van der Waals surface area contributed by atoms with Crippen LogP contribution in [0.3, 0.4) is 0 Å². The summed E-state index contributed by atoms with van der Waals surface area (Å²) < 4.78 is 51.4. The lowest BCUT2D eigenvalue weighted by Crippen LogP contribution is -2.36. The van der Waals surface area contributed by atoms with E-state index in [-0.39, 0.29) is 18.7 Å². The van der Waals surface area contributed by atoms with Crippen LogP contribution in [-0.2, 0) is 38.1 Å². The predicted molar refractivity (Wildman–Crippen MR) is 99.8 cm³/mol. The third kappa shape index (κ3) is 7.21. The molecule has 0 bridgehead atoms. The van der Waals surface area contributed by atoms with E-state index in [2.05, 4.69) is 13.1 Å². The van der Waals surface area contributed by atoms with E-state index in [1.54, 1.807) is 0 Å². The molecule has 2 heterocycles. The number of aromatic nitrogens is 2. The van der Waals surface area contributed by atoms with Gasteiger partial charge in [-0.2, -0.15) is 8.62 Å². The van der Waals surface area contributed by atoms with Crippen LogP contribution in [0.15, 0.2) is 15.8 Å². The molecule has 1 aromatic heterocycles. The first-order valence-corrected chi connectivity index (χ1v) is 12.9. The molecule has 18 nitrogen and oxygen atoms in total. The summed E-state index contributed by atoms with van der Waals surface area (Å²) in [5.74, 6) is 0. The van der Waals surface area contributed by atoms with Crippen molar-refractivity contribution in [3.05, 3.63) is 32.6 Å². The molecular formula is C11H20N3O15P3. The fraction of sp³-hybridized carbons (Fsp3) is 0.636. The number of nitrogens with zero attached hydrogens (tertiary/aromatic N) is 1. The van der Waals surface area contributed by atoms with Crippen molar-refractivity contribution in [2.24, 2.45) is 5.73 Å². The number of H-pyrrole nitrogens is 1. The van der Waals surface area contributed by atoms with E-state index in [1.165, 1.54) is 0 Å². The van der Waals surface area contributed by atoms with Gasteiger partial charge < -0.3 is 40.3 Å². The summed E-state index contributed by atoms with van der Waals surface area (Å²) in [6.07, 6.45) is -5.64. The van der Waals surface area contributed by atoms with Crippen LogP contribution >= 0.6 is 23.5 Å². The minimum absolute atomic E-state index is 0.00343. The second-order valence-electron chi connectivity index (χ2n) is 6.29. The number of rotatable bonds is 10. The Labute approximate surface area is 177 Å². The molecule has 2 unspecified atom stereocenters. The van der Waals surface area contributed by atoms with Crippen LogP contribution in [-0.4, -0.2) is 70.8 Å². The maximum Gasteiger partial charge on any atom is 0.490 e. The van der Waals surface area contributed by atoms with Gasteiger partial charge in [-0.25, -0.2) is 18.5 Å². The maximum absolute atomic E-state index is 12.1. The van der Waals surface area contributed by atoms with Gasteiger partial charge in [0.1, 0.15) is 24.4 Å². The number of aliphatic hydroxyl groups excluding tert-OH is 2. The molecule has 0 amide bonds. The van der Waals surface area contributed by atoms with Gasteiger partial charge in [-0.15, -0.1) is 0 Å². The molecule has 0 aromatic carbocycles. The third-order valence-corrected chi connectivity index (χ3v) is 7.70. The smallest absolute Gasteiger partial charge is 0.387 e. The van der Waals surface area contributed by atoms with Crippen molar-refractivity contribution >= 4 is 23.5 Å². The summed E-state index contributed by atoms with van der Waals surface area (Å²) >= 11 is 0. The van der Waals surface area contributed by atoms with Crippen LogP contribution in [0.5, 0.6) is 0 Å². The predicted octanol–water partition coefficient (Wildman–Crippen LogP) is -3.00. The summed E-state index contributed by atoms with van der Waals surface area (Å²) in [4.78, 5) is 61.3. The largest absolute Gasteiger partial charge is 0.490 e. The highest BCUT2D eigenvalue weighted by atomic mass is 31.3. The number of hydrogen-bond donors (Lipinski definition) is 8. The normalized spacial score (nSPS) is 27.7. The van der Waals surface area contributed by atoms with Gasteiger partial charge >= 0.3 is 29.2 Å². The van der Waals surface area contributed by atoms with E-state index in [9.17, 15) is 38.4 Å². The van der Waals surface area contributed by atoms with Crippen LogP contribution in [0, 0.1) is 0 Å². The van der Waals surface area contributed by atoms with Gasteiger partial charge in [0.15, 0.2) is 0 Å². The minimum atomic E-state index is -5.75. The summed E-state index contributed by atoms with van der Waals surface area (Å²) in [5.41, 5.74) is 3.33. The minimum Gasteiger partial charge on any atom is -0.387 e. The quantitative estimate of drug-likeness (QED) is 0.141. The van der Waals surface area contributed by atoms with Crippen LogP contribution in [0.2, 0.25) is 0 Å². The number of ether oxygens (including phenoxy) is 1. The Morgan fingerprint density at radius 2 is 1.69 bits per heavy atom. The maximum atomic E-state index is 12.1. The molecule has 1 aromatic rings. The Balaban J connectivity index is 2.13. The van der Waals surface area contributed by atoms with Crippen molar-refractivity contribution < 1.29 is 61.4 Å². The fourth-order valence-electron chi connectivity index (χ4n) is 2.65. The first-order chi connectivity index (χ1) is 14.6. The number of aromatic amines is 1. The highest BCUT2D eigenvalue weighted by Gasteiger charge is 2.47. The molecule has 1 aliphatic rings. The molecule has 0 spiro atoms. The highest BCUT2D eigenvalue weighted by Crippen LogP contribution is 2.66. The Bertz CT molecular complexity index is 1080. The molecule has 0 saturated carbocycles. The van der Waals surface area contributed by atoms with Crippen LogP contribution in [0.25, 0.3) is 0 Å². The number of nitrogens with two attached hydrogens (primary N) is 1. The molecule has 0 aliphatic carbocycles. The Morgan fingerprint density at radius 1 is 1.06 bits per heavy atom. The van der Waals surface area contributed by atoms with Crippen molar-refractivity contribution in [1.29, 1.82) is 0 Å². The van der Waals surface area contributed by atoms with Gasteiger partial charge in [0, 0.05) is 19.3 Å². The van der Waals surface area contributed by atoms with Crippen LogP contribution in [0.4, 0.5) is 0 Å². The Kier molecular flexibility index (Phi) is 8.53. The SMILES string of the molecule is NCCn1cc([C@@H]2O[C@H](COP(=O)(O)OP(=O)(O)OP(=O)(O)O)[C@@H](O)[C@H]2O)c(=O)[nH]c1=O. The molecule has 32 heavy (non-hydrogen) atoms. The standard InChI is InChI=1S/C11H20N3O15P3/c12-1-2-14-3-5(10(17)13-11(14)18)9-8(16)7(15)6(27-9)4-26-31(22,23)29-32(24,25)28-30(19,20)21/h3,6-9,15-16H,1-2,4,12H2,(H,22,23)(H,24,25)(H,13,17,18)(H2,19,20,21)/t6-,7-,8-,9+/m1/s1. The zero-order valence-electron chi connectivity index (χ0n) is 15.7. The van der Waals surface area contributed by atoms with Gasteiger partial charge in [0.25, 0.3) is 5.56 Å². The van der Waals surface area contributed by atoms with Crippen molar-refractivity contribution in [1.82, 2.24) is 9.55 Å². The molecule has 1 saturated heterocycles. The number of aliphatic hydroxyl groups is 2. The number of nitrogens with one attached hydrogen (secondary N) is 1. The van der Waals surface area contributed by atoms with E-state index in [1.807, 2.05) is 4.98 Å². The third-order valence-electron chi connectivity index (χ3n) is 3.90. The summed E-state index contributed by atoms with van der Waals surface area (Å²) in [6, 6.07) is 0. The molecule has 1 aliphatic heterocycles. The average molecular weight is 527 g/mol. The lowest BCUT2D eigenvalue weighted by atomic mass is 10.0. The van der Waals surface area contributed by atoms with Gasteiger partial charge in [0.2, 0.25) is 0 Å². The van der Waals surface area contributed by atoms with Gasteiger partial charge in [-0.3, -0.25) is 18.9 Å². The lowest BCUT2D eigenvalue weighted by Gasteiger charge is -2.19. The molecule has 6 atom stereocenters. The van der Waals surface area contributed by atoms with Crippen molar-refractivity contribution in [3.8, 4) is 0 Å².